The number of carbonyl (C=O) groups is 2. The maximum absolute atomic E-state index is 13.3. The molecule has 150 valence electrons. The quantitative estimate of drug-likeness (QED) is 0.659. The van der Waals surface area contributed by atoms with Gasteiger partial charge in [0.2, 0.25) is 12.3 Å². The van der Waals surface area contributed by atoms with Crippen molar-refractivity contribution in [1.82, 2.24) is 10.7 Å². The van der Waals surface area contributed by atoms with Crippen LogP contribution >= 0.6 is 0 Å². The lowest BCUT2D eigenvalue weighted by atomic mass is 9.99. The van der Waals surface area contributed by atoms with Crippen LogP contribution in [0.5, 0.6) is 0 Å². The Labute approximate surface area is 173 Å². The van der Waals surface area contributed by atoms with Crippen LogP contribution < -0.4 is 10.7 Å². The molecule has 1 aliphatic heterocycles. The molecule has 0 aliphatic carbocycles. The van der Waals surface area contributed by atoms with Crippen LogP contribution in [-0.2, 0) is 4.79 Å². The van der Waals surface area contributed by atoms with Crippen molar-refractivity contribution in [1.29, 1.82) is 0 Å². The Morgan fingerprint density at radius 2 is 1.77 bits per heavy atom. The lowest BCUT2D eigenvalue weighted by Crippen LogP contribution is -2.42. The largest absolute Gasteiger partial charge is 0.334 e. The number of hydrazine groups is 1. The van der Waals surface area contributed by atoms with Gasteiger partial charge in [-0.2, -0.15) is 0 Å². The van der Waals surface area contributed by atoms with Crippen molar-refractivity contribution >= 4 is 18.0 Å². The van der Waals surface area contributed by atoms with Crippen molar-refractivity contribution in [3.05, 3.63) is 107 Å². The Morgan fingerprint density at radius 3 is 2.47 bits per heavy atom. The molecule has 0 spiro atoms. The van der Waals surface area contributed by atoms with Gasteiger partial charge >= 0.3 is 5.91 Å². The highest BCUT2D eigenvalue weighted by Crippen LogP contribution is 2.25. The number of carbonyl (C=O) groups excluding carboxylic acids is 2. The Hall–Kier alpha value is -3.80. The minimum absolute atomic E-state index is 0.316. The Kier molecular flexibility index (Phi) is 5.39. The number of nitrogens with one attached hydrogen (secondary N) is 2. The van der Waals surface area contributed by atoms with Crippen LogP contribution in [0.2, 0.25) is 0 Å². The van der Waals surface area contributed by atoms with E-state index in [1.165, 1.54) is 12.1 Å². The molecule has 5 nitrogen and oxygen atoms in total. The fourth-order valence-corrected chi connectivity index (χ4v) is 3.55. The maximum atomic E-state index is 13.3. The number of halogens is 1. The van der Waals surface area contributed by atoms with E-state index in [1.807, 2.05) is 49.4 Å². The molecule has 0 bridgehead atoms. The number of hydrogen-bond acceptors (Lipinski definition) is 2. The standard InChI is InChI=1S/C24H20FN3O2/c1-16-6-5-9-19(14-16)23(29)26-21-22(18-7-3-2-4-8-18)28(27-24(21)30)15-17-10-12-20(25)13-11-17/h2-15,21-22H,1H3,(H-,26,27,29,30)/p+1/b28-15-/t21-,22-/m0/s1. The molecule has 0 aromatic heterocycles. The average molecular weight is 402 g/mol. The summed E-state index contributed by atoms with van der Waals surface area (Å²) in [7, 11) is 0. The molecule has 3 aromatic carbocycles. The summed E-state index contributed by atoms with van der Waals surface area (Å²) in [6.07, 6.45) is 1.73. The van der Waals surface area contributed by atoms with Crippen molar-refractivity contribution in [3.8, 4) is 0 Å². The molecule has 1 aliphatic rings. The van der Waals surface area contributed by atoms with Crippen LogP contribution in [0.3, 0.4) is 0 Å². The Morgan fingerprint density at radius 1 is 1.03 bits per heavy atom. The molecule has 2 atom stereocenters. The van der Waals surface area contributed by atoms with Crippen molar-refractivity contribution in [2.75, 3.05) is 0 Å². The number of hydrogen-bond donors (Lipinski definition) is 2. The molecule has 2 N–H and O–H groups in total. The minimum Gasteiger partial charge on any atom is -0.334 e. The van der Waals surface area contributed by atoms with Gasteiger partial charge in [0.15, 0.2) is 6.04 Å². The van der Waals surface area contributed by atoms with Crippen LogP contribution in [0, 0.1) is 12.7 Å². The smallest absolute Gasteiger partial charge is 0.304 e. The number of hydrazone groups is 1. The van der Waals surface area contributed by atoms with Gasteiger partial charge in [0, 0.05) is 16.7 Å². The summed E-state index contributed by atoms with van der Waals surface area (Å²) in [5, 5.41) is 2.87. The predicted molar refractivity (Wildman–Crippen MR) is 112 cm³/mol. The van der Waals surface area contributed by atoms with Gasteiger partial charge in [-0.3, -0.25) is 9.59 Å². The Balaban J connectivity index is 1.69. The van der Waals surface area contributed by atoms with Gasteiger partial charge in [0.05, 0.1) is 0 Å². The normalized spacial score (nSPS) is 19.5. The molecular weight excluding hydrogens is 381 g/mol. The van der Waals surface area contributed by atoms with Gasteiger partial charge in [-0.25, -0.2) is 4.39 Å². The number of aryl methyl sites for hydroxylation is 1. The van der Waals surface area contributed by atoms with Crippen molar-refractivity contribution in [2.45, 2.75) is 19.0 Å². The van der Waals surface area contributed by atoms with Crippen LogP contribution in [0.1, 0.15) is 33.1 Å². The second kappa shape index (κ2) is 8.29. The summed E-state index contributed by atoms with van der Waals surface area (Å²) in [5.41, 5.74) is 5.86. The molecular formula is C24H21FN3O2+. The van der Waals surface area contributed by atoms with E-state index in [0.717, 1.165) is 16.7 Å². The van der Waals surface area contributed by atoms with E-state index < -0.39 is 12.1 Å². The number of rotatable bonds is 4. The summed E-state index contributed by atoms with van der Waals surface area (Å²) in [4.78, 5) is 25.6. The highest BCUT2D eigenvalue weighted by Gasteiger charge is 2.47. The van der Waals surface area contributed by atoms with Gasteiger partial charge in [-0.1, -0.05) is 48.0 Å². The maximum Gasteiger partial charge on any atom is 0.304 e. The third-order valence-electron chi connectivity index (χ3n) is 5.00. The molecule has 30 heavy (non-hydrogen) atoms. The van der Waals surface area contributed by atoms with Gasteiger partial charge in [0.25, 0.3) is 5.91 Å². The van der Waals surface area contributed by atoms with E-state index in [-0.39, 0.29) is 17.6 Å². The van der Waals surface area contributed by atoms with Gasteiger partial charge in [0.1, 0.15) is 5.82 Å². The number of nitrogens with zero attached hydrogens (tertiary/aromatic N) is 1. The third-order valence-corrected chi connectivity index (χ3v) is 5.00. The molecule has 2 amide bonds. The molecule has 0 saturated carbocycles. The lowest BCUT2D eigenvalue weighted by molar-refractivity contribution is -0.596. The van der Waals surface area contributed by atoms with E-state index in [9.17, 15) is 14.0 Å². The zero-order chi connectivity index (χ0) is 21.1. The first kappa shape index (κ1) is 19.5. The zero-order valence-corrected chi connectivity index (χ0v) is 16.4. The third kappa shape index (κ3) is 4.12. The molecule has 6 heteroatoms. The zero-order valence-electron chi connectivity index (χ0n) is 16.4. The van der Waals surface area contributed by atoms with Crippen LogP contribution in [0.4, 0.5) is 4.39 Å². The molecule has 1 fully saturated rings. The summed E-state index contributed by atoms with van der Waals surface area (Å²) in [6, 6.07) is 21.4. The summed E-state index contributed by atoms with van der Waals surface area (Å²) >= 11 is 0. The molecule has 0 radical (unpaired) electrons. The molecule has 4 rings (SSSR count). The molecule has 0 unspecified atom stereocenters. The van der Waals surface area contributed by atoms with Crippen LogP contribution in [-0.4, -0.2) is 28.8 Å². The number of amides is 2. The summed E-state index contributed by atoms with van der Waals surface area (Å²) in [5.74, 6) is -0.966. The lowest BCUT2D eigenvalue weighted by Gasteiger charge is -2.15. The second-order valence-corrected chi connectivity index (χ2v) is 7.24. The monoisotopic (exact) mass is 402 g/mol. The summed E-state index contributed by atoms with van der Waals surface area (Å²) < 4.78 is 14.9. The predicted octanol–water partition coefficient (Wildman–Crippen LogP) is 3.15. The van der Waals surface area contributed by atoms with Gasteiger partial charge in [-0.05, 0) is 43.3 Å². The van der Waals surface area contributed by atoms with Gasteiger partial charge < -0.3 is 5.32 Å². The molecule has 1 saturated heterocycles. The second-order valence-electron chi connectivity index (χ2n) is 7.24. The highest BCUT2D eigenvalue weighted by molar-refractivity contribution is 5.98. The first-order valence-corrected chi connectivity index (χ1v) is 9.63. The number of benzene rings is 3. The van der Waals surface area contributed by atoms with Gasteiger partial charge in [-0.15, -0.1) is 10.1 Å². The highest BCUT2D eigenvalue weighted by atomic mass is 19.1. The summed E-state index contributed by atoms with van der Waals surface area (Å²) in [6.45, 7) is 1.91. The first-order valence-electron chi connectivity index (χ1n) is 9.63. The first-order chi connectivity index (χ1) is 14.5. The van der Waals surface area contributed by atoms with E-state index >= 15 is 0 Å². The van der Waals surface area contributed by atoms with E-state index in [4.69, 9.17) is 0 Å². The minimum atomic E-state index is -0.794. The molecule has 1 heterocycles. The van der Waals surface area contributed by atoms with E-state index in [0.29, 0.717) is 5.56 Å². The van der Waals surface area contributed by atoms with Crippen molar-refractivity contribution in [3.63, 3.8) is 0 Å². The van der Waals surface area contributed by atoms with Crippen molar-refractivity contribution < 1.29 is 18.7 Å². The van der Waals surface area contributed by atoms with Crippen LogP contribution in [0.25, 0.3) is 0 Å². The SMILES string of the molecule is Cc1cccc(C(=O)N[C@@H]2C(=O)N/[N+](=C\c3ccc(F)cc3)[C@H]2c2ccccc2)c1. The van der Waals surface area contributed by atoms with E-state index in [2.05, 4.69) is 10.7 Å². The van der Waals surface area contributed by atoms with Crippen molar-refractivity contribution in [2.24, 2.45) is 0 Å². The average Bonchev–Trinajstić information content (AvgIpc) is 3.05. The fourth-order valence-electron chi connectivity index (χ4n) is 3.55. The van der Waals surface area contributed by atoms with Crippen LogP contribution in [0.15, 0.2) is 78.9 Å². The fraction of sp³-hybridized carbons (Fsp3) is 0.125. The van der Waals surface area contributed by atoms with E-state index in [1.54, 1.807) is 35.2 Å². The Bertz CT molecular complexity index is 1110. The molecule has 3 aromatic rings. The topological polar surface area (TPSA) is 61.2 Å².